The Kier molecular flexibility index (Phi) is 3.86. The van der Waals surface area contributed by atoms with E-state index in [-0.39, 0.29) is 0 Å². The molecule has 3 aromatic carbocycles. The van der Waals surface area contributed by atoms with Crippen LogP contribution < -0.4 is 5.46 Å². The lowest BCUT2D eigenvalue weighted by atomic mass is 9.79. The van der Waals surface area contributed by atoms with Crippen LogP contribution in [0.25, 0.3) is 22.3 Å². The largest absolute Gasteiger partial charge is 0.488 e. The molecule has 0 saturated carbocycles. The number of rotatable bonds is 3. The maximum absolute atomic E-state index is 9.28. The van der Waals surface area contributed by atoms with Crippen molar-refractivity contribution in [1.82, 2.24) is 0 Å². The second-order valence-corrected chi connectivity index (χ2v) is 4.95. The van der Waals surface area contributed by atoms with Crippen LogP contribution >= 0.6 is 0 Å². The maximum Gasteiger partial charge on any atom is 0.488 e. The highest BCUT2D eigenvalue weighted by Gasteiger charge is 2.11. The Balaban J connectivity index is 2.02. The van der Waals surface area contributed by atoms with Crippen LogP contribution in [0.1, 0.15) is 0 Å². The van der Waals surface area contributed by atoms with Crippen molar-refractivity contribution in [1.29, 1.82) is 0 Å². The minimum Gasteiger partial charge on any atom is -0.423 e. The van der Waals surface area contributed by atoms with Crippen LogP contribution in [0.5, 0.6) is 0 Å². The van der Waals surface area contributed by atoms with E-state index in [1.807, 2.05) is 42.5 Å². The molecular formula is C18H15BO2. The summed E-state index contributed by atoms with van der Waals surface area (Å²) < 4.78 is 0. The normalized spacial score (nSPS) is 10.4. The van der Waals surface area contributed by atoms with Crippen molar-refractivity contribution in [2.24, 2.45) is 0 Å². The lowest BCUT2D eigenvalue weighted by molar-refractivity contribution is 0.426. The summed E-state index contributed by atoms with van der Waals surface area (Å²) in [6.45, 7) is 0. The highest BCUT2D eigenvalue weighted by atomic mass is 16.4. The van der Waals surface area contributed by atoms with E-state index in [1.165, 1.54) is 0 Å². The molecule has 3 aromatic rings. The molecule has 0 heterocycles. The van der Waals surface area contributed by atoms with Gasteiger partial charge in [-0.25, -0.2) is 0 Å². The van der Waals surface area contributed by atoms with Gasteiger partial charge in [-0.15, -0.1) is 0 Å². The second-order valence-electron chi connectivity index (χ2n) is 4.95. The van der Waals surface area contributed by atoms with Gasteiger partial charge in [0, 0.05) is 0 Å². The van der Waals surface area contributed by atoms with Crippen LogP contribution in [0.2, 0.25) is 0 Å². The van der Waals surface area contributed by atoms with Crippen LogP contribution in [0, 0.1) is 0 Å². The standard InChI is InChI=1S/C18H15BO2/c20-19(21)18-11-5-10-17(13-18)16-9-4-8-15(12-16)14-6-2-1-3-7-14/h1-13,20-21H. The average molecular weight is 274 g/mol. The number of benzene rings is 3. The highest BCUT2D eigenvalue weighted by Crippen LogP contribution is 2.25. The summed E-state index contributed by atoms with van der Waals surface area (Å²) in [7, 11) is -1.44. The molecule has 102 valence electrons. The first-order chi connectivity index (χ1) is 10.2. The topological polar surface area (TPSA) is 40.5 Å². The molecule has 0 aliphatic carbocycles. The third-order valence-electron chi connectivity index (χ3n) is 3.49. The van der Waals surface area contributed by atoms with Gasteiger partial charge in [0.1, 0.15) is 0 Å². The van der Waals surface area contributed by atoms with Crippen LogP contribution in [-0.2, 0) is 0 Å². The van der Waals surface area contributed by atoms with E-state index in [0.29, 0.717) is 5.46 Å². The van der Waals surface area contributed by atoms with Gasteiger partial charge in [0.2, 0.25) is 0 Å². The third kappa shape index (κ3) is 3.05. The predicted molar refractivity (Wildman–Crippen MR) is 87.1 cm³/mol. The summed E-state index contributed by atoms with van der Waals surface area (Å²) in [4.78, 5) is 0. The van der Waals surface area contributed by atoms with Crippen LogP contribution in [0.15, 0.2) is 78.9 Å². The van der Waals surface area contributed by atoms with Crippen molar-refractivity contribution >= 4 is 12.6 Å². The highest BCUT2D eigenvalue weighted by molar-refractivity contribution is 6.58. The SMILES string of the molecule is OB(O)c1cccc(-c2cccc(-c3ccccc3)c2)c1. The summed E-state index contributed by atoms with van der Waals surface area (Å²) in [5, 5.41) is 18.6. The van der Waals surface area contributed by atoms with Crippen molar-refractivity contribution in [3.63, 3.8) is 0 Å². The van der Waals surface area contributed by atoms with Gasteiger partial charge in [-0.1, -0.05) is 72.8 Å². The van der Waals surface area contributed by atoms with Crippen molar-refractivity contribution < 1.29 is 10.0 Å². The fourth-order valence-electron chi connectivity index (χ4n) is 2.39. The Morgan fingerprint density at radius 1 is 0.524 bits per heavy atom. The van der Waals surface area contributed by atoms with E-state index >= 15 is 0 Å². The van der Waals surface area contributed by atoms with E-state index in [9.17, 15) is 10.0 Å². The zero-order valence-electron chi connectivity index (χ0n) is 11.5. The van der Waals surface area contributed by atoms with Gasteiger partial charge in [-0.3, -0.25) is 0 Å². The Hall–Kier alpha value is -2.36. The zero-order chi connectivity index (χ0) is 14.7. The number of hydrogen-bond donors (Lipinski definition) is 2. The smallest absolute Gasteiger partial charge is 0.423 e. The summed E-state index contributed by atoms with van der Waals surface area (Å²) in [5.74, 6) is 0. The van der Waals surface area contributed by atoms with E-state index in [2.05, 4.69) is 24.3 Å². The molecule has 3 heteroatoms. The van der Waals surface area contributed by atoms with Crippen LogP contribution in [0.3, 0.4) is 0 Å². The monoisotopic (exact) mass is 274 g/mol. The molecule has 0 radical (unpaired) electrons. The van der Waals surface area contributed by atoms with Crippen LogP contribution in [-0.4, -0.2) is 17.2 Å². The van der Waals surface area contributed by atoms with Crippen LogP contribution in [0.4, 0.5) is 0 Å². The van der Waals surface area contributed by atoms with Gasteiger partial charge < -0.3 is 10.0 Å². The van der Waals surface area contributed by atoms with Crippen molar-refractivity contribution in [3.8, 4) is 22.3 Å². The summed E-state index contributed by atoms with van der Waals surface area (Å²) in [6, 6.07) is 25.7. The molecule has 21 heavy (non-hydrogen) atoms. The first-order valence-electron chi connectivity index (χ1n) is 6.86. The minimum absolute atomic E-state index is 0.498. The Labute approximate surface area is 124 Å². The van der Waals surface area contributed by atoms with E-state index < -0.39 is 7.12 Å². The van der Waals surface area contributed by atoms with Gasteiger partial charge in [0.25, 0.3) is 0 Å². The van der Waals surface area contributed by atoms with Gasteiger partial charge in [-0.05, 0) is 33.8 Å². The molecule has 0 aliphatic rings. The molecule has 0 unspecified atom stereocenters. The quantitative estimate of drug-likeness (QED) is 0.721. The van der Waals surface area contributed by atoms with E-state index in [4.69, 9.17) is 0 Å². The van der Waals surface area contributed by atoms with E-state index in [0.717, 1.165) is 22.3 Å². The molecule has 0 bridgehead atoms. The van der Waals surface area contributed by atoms with Gasteiger partial charge in [0.05, 0.1) is 0 Å². The Bertz CT molecular complexity index is 739. The van der Waals surface area contributed by atoms with Gasteiger partial charge in [0.15, 0.2) is 0 Å². The summed E-state index contributed by atoms with van der Waals surface area (Å²) in [6.07, 6.45) is 0. The maximum atomic E-state index is 9.28. The molecule has 0 fully saturated rings. The lowest BCUT2D eigenvalue weighted by Gasteiger charge is -2.08. The first kappa shape index (κ1) is 13.6. The Morgan fingerprint density at radius 2 is 1.05 bits per heavy atom. The third-order valence-corrected chi connectivity index (χ3v) is 3.49. The Morgan fingerprint density at radius 3 is 1.71 bits per heavy atom. The van der Waals surface area contributed by atoms with Crippen molar-refractivity contribution in [3.05, 3.63) is 78.9 Å². The van der Waals surface area contributed by atoms with Gasteiger partial charge >= 0.3 is 7.12 Å². The summed E-state index contributed by atoms with van der Waals surface area (Å²) in [5.41, 5.74) is 4.83. The second kappa shape index (κ2) is 5.96. The van der Waals surface area contributed by atoms with Gasteiger partial charge in [-0.2, -0.15) is 0 Å². The zero-order valence-corrected chi connectivity index (χ0v) is 11.5. The molecule has 2 N–H and O–H groups in total. The number of hydrogen-bond acceptors (Lipinski definition) is 2. The summed E-state index contributed by atoms with van der Waals surface area (Å²) >= 11 is 0. The fraction of sp³-hybridized carbons (Fsp3) is 0. The molecule has 0 aromatic heterocycles. The molecule has 0 spiro atoms. The molecule has 0 amide bonds. The van der Waals surface area contributed by atoms with E-state index in [1.54, 1.807) is 12.1 Å². The molecule has 0 aliphatic heterocycles. The molecule has 2 nitrogen and oxygen atoms in total. The lowest BCUT2D eigenvalue weighted by Crippen LogP contribution is -2.29. The molecular weight excluding hydrogens is 259 g/mol. The molecule has 0 saturated heterocycles. The van der Waals surface area contributed by atoms with Crippen molar-refractivity contribution in [2.75, 3.05) is 0 Å². The molecule has 3 rings (SSSR count). The average Bonchev–Trinajstić information content (AvgIpc) is 2.56. The fourth-order valence-corrected chi connectivity index (χ4v) is 2.39. The predicted octanol–water partition coefficient (Wildman–Crippen LogP) is 2.70. The minimum atomic E-state index is -1.44. The first-order valence-corrected chi connectivity index (χ1v) is 6.86. The van der Waals surface area contributed by atoms with Crippen molar-refractivity contribution in [2.45, 2.75) is 0 Å². The molecule has 0 atom stereocenters.